The third-order valence-electron chi connectivity index (χ3n) is 3.48. The molecule has 0 atom stereocenters. The molecule has 0 bridgehead atoms. The van der Waals surface area contributed by atoms with E-state index < -0.39 is 0 Å². The highest BCUT2D eigenvalue weighted by molar-refractivity contribution is 5.14. The highest BCUT2D eigenvalue weighted by Crippen LogP contribution is 2.33. The van der Waals surface area contributed by atoms with Crippen LogP contribution in [0, 0.1) is 0 Å². The van der Waals surface area contributed by atoms with Gasteiger partial charge < -0.3 is 5.11 Å². The van der Waals surface area contributed by atoms with Crippen molar-refractivity contribution in [3.05, 3.63) is 35.9 Å². The van der Waals surface area contributed by atoms with E-state index in [2.05, 4.69) is 24.3 Å². The van der Waals surface area contributed by atoms with Crippen LogP contribution in [0.4, 0.5) is 0 Å². The first-order chi connectivity index (χ1) is 7.29. The molecule has 2 rings (SSSR count). The Balaban J connectivity index is 1.75. The molecule has 1 fully saturated rings. The van der Waals surface area contributed by atoms with Crippen molar-refractivity contribution in [3.8, 4) is 0 Å². The minimum Gasteiger partial charge on any atom is -0.390 e. The smallest absolute Gasteiger partial charge is 0.0648 e. The summed E-state index contributed by atoms with van der Waals surface area (Å²) in [5.41, 5.74) is 1.06. The lowest BCUT2D eigenvalue weighted by atomic mass is 9.94. The zero-order chi connectivity index (χ0) is 10.6. The third kappa shape index (κ3) is 3.07. The molecule has 1 saturated carbocycles. The summed E-state index contributed by atoms with van der Waals surface area (Å²) in [6.07, 6.45) is 7.64. The van der Waals surface area contributed by atoms with Gasteiger partial charge in [-0.1, -0.05) is 43.2 Å². The first kappa shape index (κ1) is 10.7. The zero-order valence-electron chi connectivity index (χ0n) is 9.28. The number of hydrogen-bond acceptors (Lipinski definition) is 1. The molecule has 15 heavy (non-hydrogen) atoms. The molecule has 1 aliphatic carbocycles. The molecule has 1 aliphatic rings. The van der Waals surface area contributed by atoms with Crippen molar-refractivity contribution in [2.45, 2.75) is 50.5 Å². The number of rotatable bonds is 4. The minimum absolute atomic E-state index is 0.325. The average molecular weight is 204 g/mol. The molecule has 1 aromatic rings. The highest BCUT2D eigenvalue weighted by atomic mass is 16.3. The summed E-state index contributed by atoms with van der Waals surface area (Å²) in [4.78, 5) is 0. The Labute approximate surface area is 92.1 Å². The number of hydrogen-bond donors (Lipinski definition) is 1. The Kier molecular flexibility index (Phi) is 3.42. The SMILES string of the molecule is OC1(CCCc2ccccc2)CCCC1. The van der Waals surface area contributed by atoms with E-state index in [0.717, 1.165) is 32.1 Å². The van der Waals surface area contributed by atoms with Gasteiger partial charge in [0.1, 0.15) is 0 Å². The Hall–Kier alpha value is -0.820. The van der Waals surface area contributed by atoms with Gasteiger partial charge in [0.05, 0.1) is 5.60 Å². The van der Waals surface area contributed by atoms with Gasteiger partial charge in [-0.25, -0.2) is 0 Å². The summed E-state index contributed by atoms with van der Waals surface area (Å²) in [6.45, 7) is 0. The quantitative estimate of drug-likeness (QED) is 0.797. The normalized spacial score (nSPS) is 19.3. The lowest BCUT2D eigenvalue weighted by Crippen LogP contribution is -2.23. The van der Waals surface area contributed by atoms with Crippen molar-refractivity contribution in [3.63, 3.8) is 0 Å². The largest absolute Gasteiger partial charge is 0.390 e. The van der Waals surface area contributed by atoms with Crippen molar-refractivity contribution in [1.82, 2.24) is 0 Å². The van der Waals surface area contributed by atoms with Crippen LogP contribution in [0.15, 0.2) is 30.3 Å². The number of aliphatic hydroxyl groups is 1. The molecule has 0 unspecified atom stereocenters. The van der Waals surface area contributed by atoms with Crippen molar-refractivity contribution in [2.24, 2.45) is 0 Å². The summed E-state index contributed by atoms with van der Waals surface area (Å²) in [6, 6.07) is 10.5. The predicted molar refractivity (Wildman–Crippen MR) is 62.8 cm³/mol. The van der Waals surface area contributed by atoms with Crippen LogP contribution in [-0.4, -0.2) is 10.7 Å². The molecule has 0 aliphatic heterocycles. The molecule has 0 spiro atoms. The Bertz CT molecular complexity index is 285. The van der Waals surface area contributed by atoms with Gasteiger partial charge >= 0.3 is 0 Å². The van der Waals surface area contributed by atoms with E-state index in [0.29, 0.717) is 0 Å². The molecule has 1 heteroatoms. The second-order valence-corrected chi connectivity index (χ2v) is 4.77. The fraction of sp³-hybridized carbons (Fsp3) is 0.571. The Morgan fingerprint density at radius 2 is 1.73 bits per heavy atom. The maximum absolute atomic E-state index is 10.2. The Morgan fingerprint density at radius 1 is 1.07 bits per heavy atom. The molecule has 1 nitrogen and oxygen atoms in total. The van der Waals surface area contributed by atoms with Crippen LogP contribution in [0.3, 0.4) is 0 Å². The minimum atomic E-state index is -0.325. The average Bonchev–Trinajstić information content (AvgIpc) is 2.67. The molecular weight excluding hydrogens is 184 g/mol. The molecule has 0 amide bonds. The maximum Gasteiger partial charge on any atom is 0.0648 e. The van der Waals surface area contributed by atoms with E-state index in [1.54, 1.807) is 0 Å². The fourth-order valence-corrected chi connectivity index (χ4v) is 2.55. The maximum atomic E-state index is 10.2. The van der Waals surface area contributed by atoms with Crippen molar-refractivity contribution in [2.75, 3.05) is 0 Å². The molecule has 0 heterocycles. The van der Waals surface area contributed by atoms with Gasteiger partial charge in [-0.3, -0.25) is 0 Å². The zero-order valence-corrected chi connectivity index (χ0v) is 9.28. The third-order valence-corrected chi connectivity index (χ3v) is 3.48. The molecule has 0 saturated heterocycles. The van der Waals surface area contributed by atoms with Crippen LogP contribution < -0.4 is 0 Å². The van der Waals surface area contributed by atoms with Gasteiger partial charge in [0.15, 0.2) is 0 Å². The van der Waals surface area contributed by atoms with Gasteiger partial charge in [0.2, 0.25) is 0 Å². The fourth-order valence-electron chi connectivity index (χ4n) is 2.55. The molecule has 0 aromatic heterocycles. The van der Waals surface area contributed by atoms with Crippen molar-refractivity contribution >= 4 is 0 Å². The van der Waals surface area contributed by atoms with Crippen LogP contribution in [0.5, 0.6) is 0 Å². The molecule has 1 N–H and O–H groups in total. The summed E-state index contributed by atoms with van der Waals surface area (Å²) >= 11 is 0. The van der Waals surface area contributed by atoms with Crippen molar-refractivity contribution in [1.29, 1.82) is 0 Å². The van der Waals surface area contributed by atoms with Crippen LogP contribution in [-0.2, 0) is 6.42 Å². The number of benzene rings is 1. The van der Waals surface area contributed by atoms with Gasteiger partial charge in [-0.05, 0) is 37.7 Å². The van der Waals surface area contributed by atoms with E-state index in [-0.39, 0.29) is 5.60 Å². The molecule has 1 aromatic carbocycles. The van der Waals surface area contributed by atoms with Crippen LogP contribution in [0.2, 0.25) is 0 Å². The van der Waals surface area contributed by atoms with E-state index in [9.17, 15) is 5.11 Å². The molecule has 0 radical (unpaired) electrons. The topological polar surface area (TPSA) is 20.2 Å². The molecule has 82 valence electrons. The van der Waals surface area contributed by atoms with Gasteiger partial charge in [-0.15, -0.1) is 0 Å². The standard InChI is InChI=1S/C14H20O/c15-14(10-4-5-11-14)12-6-9-13-7-2-1-3-8-13/h1-3,7-8,15H,4-6,9-12H2. The summed E-state index contributed by atoms with van der Waals surface area (Å²) in [5.74, 6) is 0. The van der Waals surface area contributed by atoms with Crippen LogP contribution in [0.1, 0.15) is 44.1 Å². The van der Waals surface area contributed by atoms with E-state index >= 15 is 0 Å². The lowest BCUT2D eigenvalue weighted by Gasteiger charge is -2.21. The van der Waals surface area contributed by atoms with E-state index in [4.69, 9.17) is 0 Å². The second kappa shape index (κ2) is 4.80. The van der Waals surface area contributed by atoms with Crippen LogP contribution in [0.25, 0.3) is 0 Å². The number of aryl methyl sites for hydroxylation is 1. The lowest BCUT2D eigenvalue weighted by molar-refractivity contribution is 0.0369. The summed E-state index contributed by atoms with van der Waals surface area (Å²) in [7, 11) is 0. The second-order valence-electron chi connectivity index (χ2n) is 4.77. The first-order valence-corrected chi connectivity index (χ1v) is 6.05. The Morgan fingerprint density at radius 3 is 2.40 bits per heavy atom. The predicted octanol–water partition coefficient (Wildman–Crippen LogP) is 3.31. The molecular formula is C14H20O. The van der Waals surface area contributed by atoms with Gasteiger partial charge in [0.25, 0.3) is 0 Å². The van der Waals surface area contributed by atoms with E-state index in [1.807, 2.05) is 6.07 Å². The highest BCUT2D eigenvalue weighted by Gasteiger charge is 2.29. The monoisotopic (exact) mass is 204 g/mol. The first-order valence-electron chi connectivity index (χ1n) is 6.05. The van der Waals surface area contributed by atoms with E-state index in [1.165, 1.54) is 18.4 Å². The van der Waals surface area contributed by atoms with Crippen molar-refractivity contribution < 1.29 is 5.11 Å². The van der Waals surface area contributed by atoms with Crippen LogP contribution >= 0.6 is 0 Å². The summed E-state index contributed by atoms with van der Waals surface area (Å²) in [5, 5.41) is 10.2. The summed E-state index contributed by atoms with van der Waals surface area (Å²) < 4.78 is 0. The van der Waals surface area contributed by atoms with Gasteiger partial charge in [-0.2, -0.15) is 0 Å². The van der Waals surface area contributed by atoms with Gasteiger partial charge in [0, 0.05) is 0 Å².